The molecule has 1 aromatic heterocycles. The Morgan fingerprint density at radius 2 is 2.20 bits per heavy atom. The molecule has 1 unspecified atom stereocenters. The van der Waals surface area contributed by atoms with Gasteiger partial charge in [0.2, 0.25) is 0 Å². The van der Waals surface area contributed by atoms with Crippen LogP contribution in [-0.2, 0) is 13.5 Å². The van der Waals surface area contributed by atoms with Crippen molar-refractivity contribution in [3.63, 3.8) is 0 Å². The molecule has 0 saturated carbocycles. The summed E-state index contributed by atoms with van der Waals surface area (Å²) in [4.78, 5) is 0. The van der Waals surface area contributed by atoms with E-state index >= 15 is 0 Å². The first-order chi connectivity index (χ1) is 9.61. The van der Waals surface area contributed by atoms with Gasteiger partial charge in [0.1, 0.15) is 0 Å². The summed E-state index contributed by atoms with van der Waals surface area (Å²) < 4.78 is 1.84. The van der Waals surface area contributed by atoms with Gasteiger partial charge < -0.3 is 5.32 Å². The number of hydrogen-bond donors (Lipinski definition) is 1. The molecule has 1 N–H and O–H groups in total. The van der Waals surface area contributed by atoms with Crippen molar-refractivity contribution in [1.82, 2.24) is 15.1 Å². The minimum atomic E-state index is 0.228. The van der Waals surface area contributed by atoms with Gasteiger partial charge in [-0.15, -0.1) is 0 Å². The lowest BCUT2D eigenvalue weighted by molar-refractivity contribution is 0.529. The zero-order chi connectivity index (χ0) is 14.5. The lowest BCUT2D eigenvalue weighted by atomic mass is 9.98. The van der Waals surface area contributed by atoms with Gasteiger partial charge in [-0.2, -0.15) is 5.10 Å². The number of rotatable bonds is 6. The van der Waals surface area contributed by atoms with Gasteiger partial charge in [0.15, 0.2) is 0 Å². The SMILES string of the molecule is CCCNC(Cc1cnn(C)c1)c1cccc(C)c1Cl. The molecular formula is C16H22ClN3. The first-order valence-electron chi connectivity index (χ1n) is 7.07. The molecule has 0 saturated heterocycles. The Labute approximate surface area is 126 Å². The van der Waals surface area contributed by atoms with Gasteiger partial charge in [-0.25, -0.2) is 0 Å². The molecule has 0 bridgehead atoms. The van der Waals surface area contributed by atoms with E-state index < -0.39 is 0 Å². The van der Waals surface area contributed by atoms with Crippen molar-refractivity contribution in [3.05, 3.63) is 52.3 Å². The average Bonchev–Trinajstić information content (AvgIpc) is 2.83. The number of aromatic nitrogens is 2. The highest BCUT2D eigenvalue weighted by atomic mass is 35.5. The molecule has 0 radical (unpaired) electrons. The van der Waals surface area contributed by atoms with E-state index in [4.69, 9.17) is 11.6 Å². The van der Waals surface area contributed by atoms with E-state index in [0.717, 1.165) is 30.0 Å². The predicted octanol–water partition coefficient (Wildman–Crippen LogP) is 3.67. The van der Waals surface area contributed by atoms with Crippen LogP contribution in [0.3, 0.4) is 0 Å². The monoisotopic (exact) mass is 291 g/mol. The molecule has 0 spiro atoms. The maximum Gasteiger partial charge on any atom is 0.0522 e. The third-order valence-corrected chi connectivity index (χ3v) is 3.95. The third kappa shape index (κ3) is 3.62. The van der Waals surface area contributed by atoms with Crippen molar-refractivity contribution in [3.8, 4) is 0 Å². The molecular weight excluding hydrogens is 270 g/mol. The number of nitrogens with zero attached hydrogens (tertiary/aromatic N) is 2. The summed E-state index contributed by atoms with van der Waals surface area (Å²) in [5.74, 6) is 0. The second-order valence-corrected chi connectivity index (χ2v) is 5.59. The standard InChI is InChI=1S/C16H22ClN3/c1-4-8-18-15(9-13-10-19-20(3)11-13)14-7-5-6-12(2)16(14)17/h5-7,10-11,15,18H,4,8-9H2,1-3H3. The Balaban J connectivity index is 2.24. The molecule has 1 aromatic carbocycles. The molecule has 0 aliphatic heterocycles. The van der Waals surface area contributed by atoms with Gasteiger partial charge >= 0.3 is 0 Å². The van der Waals surface area contributed by atoms with Crippen molar-refractivity contribution < 1.29 is 0 Å². The van der Waals surface area contributed by atoms with Crippen LogP contribution in [0.15, 0.2) is 30.6 Å². The topological polar surface area (TPSA) is 29.9 Å². The summed E-state index contributed by atoms with van der Waals surface area (Å²) in [6.07, 6.45) is 5.98. The van der Waals surface area contributed by atoms with Crippen LogP contribution in [0, 0.1) is 6.92 Å². The van der Waals surface area contributed by atoms with Crippen molar-refractivity contribution >= 4 is 11.6 Å². The van der Waals surface area contributed by atoms with E-state index in [2.05, 4.69) is 35.7 Å². The van der Waals surface area contributed by atoms with E-state index in [0.29, 0.717) is 0 Å². The van der Waals surface area contributed by atoms with Crippen molar-refractivity contribution in [2.75, 3.05) is 6.54 Å². The Morgan fingerprint density at radius 3 is 2.85 bits per heavy atom. The van der Waals surface area contributed by atoms with Gasteiger partial charge in [0.05, 0.1) is 6.20 Å². The molecule has 1 atom stereocenters. The van der Waals surface area contributed by atoms with Gasteiger partial charge in [-0.3, -0.25) is 4.68 Å². The van der Waals surface area contributed by atoms with Crippen LogP contribution < -0.4 is 5.32 Å². The van der Waals surface area contributed by atoms with Crippen LogP contribution in [-0.4, -0.2) is 16.3 Å². The summed E-state index contributed by atoms with van der Waals surface area (Å²) in [6.45, 7) is 5.20. The van der Waals surface area contributed by atoms with Gasteiger partial charge in [-0.05, 0) is 43.0 Å². The van der Waals surface area contributed by atoms with Crippen LogP contribution in [0.4, 0.5) is 0 Å². The van der Waals surface area contributed by atoms with Crippen molar-refractivity contribution in [1.29, 1.82) is 0 Å². The average molecular weight is 292 g/mol. The van der Waals surface area contributed by atoms with Crippen LogP contribution in [0.25, 0.3) is 0 Å². The Hall–Kier alpha value is -1.32. The van der Waals surface area contributed by atoms with Gasteiger partial charge in [-0.1, -0.05) is 36.7 Å². The van der Waals surface area contributed by atoms with E-state index in [9.17, 15) is 0 Å². The normalized spacial score (nSPS) is 12.6. The predicted molar refractivity (Wildman–Crippen MR) is 84.1 cm³/mol. The van der Waals surface area contributed by atoms with Crippen LogP contribution in [0.1, 0.15) is 36.1 Å². The molecule has 1 heterocycles. The highest BCUT2D eigenvalue weighted by Gasteiger charge is 2.16. The molecule has 0 fully saturated rings. The smallest absolute Gasteiger partial charge is 0.0522 e. The van der Waals surface area contributed by atoms with E-state index in [1.165, 1.54) is 11.1 Å². The number of nitrogens with one attached hydrogen (secondary N) is 1. The minimum Gasteiger partial charge on any atom is -0.310 e. The molecule has 3 nitrogen and oxygen atoms in total. The van der Waals surface area contributed by atoms with Crippen molar-refractivity contribution in [2.24, 2.45) is 7.05 Å². The zero-order valence-corrected chi connectivity index (χ0v) is 13.1. The maximum atomic E-state index is 6.48. The van der Waals surface area contributed by atoms with Gasteiger partial charge in [0.25, 0.3) is 0 Å². The third-order valence-electron chi connectivity index (χ3n) is 3.44. The van der Waals surface area contributed by atoms with Crippen LogP contribution >= 0.6 is 11.6 Å². The number of benzene rings is 1. The first-order valence-corrected chi connectivity index (χ1v) is 7.45. The van der Waals surface area contributed by atoms with Crippen molar-refractivity contribution in [2.45, 2.75) is 32.7 Å². The quantitative estimate of drug-likeness (QED) is 0.880. The number of aryl methyl sites for hydroxylation is 2. The fraction of sp³-hybridized carbons (Fsp3) is 0.438. The lowest BCUT2D eigenvalue weighted by Gasteiger charge is -2.20. The summed E-state index contributed by atoms with van der Waals surface area (Å²) in [5, 5.41) is 8.70. The largest absolute Gasteiger partial charge is 0.310 e. The molecule has 2 aromatic rings. The summed E-state index contributed by atoms with van der Waals surface area (Å²) >= 11 is 6.48. The molecule has 0 aliphatic carbocycles. The second-order valence-electron chi connectivity index (χ2n) is 5.21. The molecule has 0 aliphatic rings. The summed E-state index contributed by atoms with van der Waals surface area (Å²) in [5.41, 5.74) is 3.52. The highest BCUT2D eigenvalue weighted by Crippen LogP contribution is 2.28. The molecule has 108 valence electrons. The molecule has 4 heteroatoms. The first kappa shape index (κ1) is 15.1. The second kappa shape index (κ2) is 6.91. The fourth-order valence-electron chi connectivity index (χ4n) is 2.36. The Bertz CT molecular complexity index is 563. The molecule has 2 rings (SSSR count). The lowest BCUT2D eigenvalue weighted by Crippen LogP contribution is -2.24. The Morgan fingerprint density at radius 1 is 1.40 bits per heavy atom. The maximum absolute atomic E-state index is 6.48. The zero-order valence-electron chi connectivity index (χ0n) is 12.4. The fourth-order valence-corrected chi connectivity index (χ4v) is 2.62. The highest BCUT2D eigenvalue weighted by molar-refractivity contribution is 6.32. The van der Waals surface area contributed by atoms with Crippen LogP contribution in [0.2, 0.25) is 5.02 Å². The number of halogens is 1. The van der Waals surface area contributed by atoms with Crippen LogP contribution in [0.5, 0.6) is 0 Å². The summed E-state index contributed by atoms with van der Waals surface area (Å²) in [7, 11) is 1.94. The van der Waals surface area contributed by atoms with Gasteiger partial charge in [0, 0.05) is 24.3 Å². The Kier molecular flexibility index (Phi) is 5.21. The number of hydrogen-bond acceptors (Lipinski definition) is 2. The summed E-state index contributed by atoms with van der Waals surface area (Å²) in [6, 6.07) is 6.46. The van der Waals surface area contributed by atoms with E-state index in [1.807, 2.05) is 30.9 Å². The molecule has 20 heavy (non-hydrogen) atoms. The van der Waals surface area contributed by atoms with E-state index in [1.54, 1.807) is 0 Å². The minimum absolute atomic E-state index is 0.228. The molecule has 0 amide bonds. The van der Waals surface area contributed by atoms with E-state index in [-0.39, 0.29) is 6.04 Å².